The van der Waals surface area contributed by atoms with Crippen LogP contribution in [0.2, 0.25) is 0 Å². The average Bonchev–Trinajstić information content (AvgIpc) is 2.67. The van der Waals surface area contributed by atoms with Crippen LogP contribution >= 0.6 is 0 Å². The minimum absolute atomic E-state index is 0.0995. The fraction of sp³-hybridized carbons (Fsp3) is 0.562. The number of carbonyl (C=O) groups excluding carboxylic acids is 1. The topological polar surface area (TPSA) is 44.8 Å². The van der Waals surface area contributed by atoms with Gasteiger partial charge in [-0.3, -0.25) is 4.79 Å². The highest BCUT2D eigenvalue weighted by molar-refractivity contribution is 5.70. The molecule has 2 rings (SSSR count). The Morgan fingerprint density at radius 1 is 1.35 bits per heavy atom. The normalized spacial score (nSPS) is 29.4. The molecule has 2 unspecified atom stereocenters. The Kier molecular flexibility index (Phi) is 4.16. The first-order chi connectivity index (χ1) is 9.38. The quantitative estimate of drug-likeness (QED) is 0.794. The number of carbonyl (C=O) groups is 1. The van der Waals surface area contributed by atoms with Crippen LogP contribution in [0.4, 0.5) is 0 Å². The zero-order valence-electron chi connectivity index (χ0n) is 12.6. The molecule has 1 aromatic carbocycles. The number of ether oxygens (including phenoxy) is 3. The monoisotopic (exact) mass is 278 g/mol. The van der Waals surface area contributed by atoms with Gasteiger partial charge in [0.05, 0.1) is 19.6 Å². The predicted molar refractivity (Wildman–Crippen MR) is 75.2 cm³/mol. The SMILES string of the molecule is CCOC(=O)CC1(C)OCC(C)(c2ccccc2C)O1. The van der Waals surface area contributed by atoms with E-state index in [0.29, 0.717) is 13.2 Å². The number of benzene rings is 1. The van der Waals surface area contributed by atoms with Crippen LogP contribution in [0.1, 0.15) is 38.3 Å². The maximum absolute atomic E-state index is 11.6. The van der Waals surface area contributed by atoms with E-state index < -0.39 is 11.4 Å². The molecule has 1 aliphatic heterocycles. The van der Waals surface area contributed by atoms with E-state index in [2.05, 4.69) is 0 Å². The summed E-state index contributed by atoms with van der Waals surface area (Å²) in [4.78, 5) is 11.6. The lowest BCUT2D eigenvalue weighted by Crippen LogP contribution is -2.34. The van der Waals surface area contributed by atoms with Crippen LogP contribution in [-0.2, 0) is 24.6 Å². The number of hydrogen-bond donors (Lipinski definition) is 0. The molecule has 110 valence electrons. The van der Waals surface area contributed by atoms with E-state index in [1.54, 1.807) is 13.8 Å². The number of hydrogen-bond acceptors (Lipinski definition) is 4. The van der Waals surface area contributed by atoms with Crippen LogP contribution in [-0.4, -0.2) is 25.0 Å². The first kappa shape index (κ1) is 15.0. The first-order valence-electron chi connectivity index (χ1n) is 6.94. The van der Waals surface area contributed by atoms with Crippen LogP contribution in [0.25, 0.3) is 0 Å². The molecule has 4 nitrogen and oxygen atoms in total. The minimum Gasteiger partial charge on any atom is -0.466 e. The van der Waals surface area contributed by atoms with Gasteiger partial charge in [0.15, 0.2) is 5.79 Å². The Morgan fingerprint density at radius 2 is 2.05 bits per heavy atom. The maximum atomic E-state index is 11.6. The molecule has 0 spiro atoms. The summed E-state index contributed by atoms with van der Waals surface area (Å²) in [5.74, 6) is -1.23. The molecule has 0 saturated carbocycles. The third kappa shape index (κ3) is 3.02. The maximum Gasteiger partial charge on any atom is 0.311 e. The van der Waals surface area contributed by atoms with E-state index in [4.69, 9.17) is 14.2 Å². The number of aryl methyl sites for hydroxylation is 1. The zero-order chi connectivity index (χ0) is 14.8. The van der Waals surface area contributed by atoms with Gasteiger partial charge in [-0.05, 0) is 38.8 Å². The van der Waals surface area contributed by atoms with Gasteiger partial charge in [0, 0.05) is 0 Å². The van der Waals surface area contributed by atoms with Crippen molar-refractivity contribution >= 4 is 5.97 Å². The molecule has 0 bridgehead atoms. The largest absolute Gasteiger partial charge is 0.466 e. The summed E-state index contributed by atoms with van der Waals surface area (Å²) >= 11 is 0. The van der Waals surface area contributed by atoms with E-state index in [-0.39, 0.29) is 12.4 Å². The molecule has 20 heavy (non-hydrogen) atoms. The van der Waals surface area contributed by atoms with Crippen LogP contribution < -0.4 is 0 Å². The molecule has 1 heterocycles. The average molecular weight is 278 g/mol. The van der Waals surface area contributed by atoms with Gasteiger partial charge in [-0.2, -0.15) is 0 Å². The second-order valence-electron chi connectivity index (χ2n) is 5.55. The van der Waals surface area contributed by atoms with Crippen molar-refractivity contribution in [3.63, 3.8) is 0 Å². The van der Waals surface area contributed by atoms with Gasteiger partial charge in [-0.15, -0.1) is 0 Å². The Morgan fingerprint density at radius 3 is 2.70 bits per heavy atom. The lowest BCUT2D eigenvalue weighted by molar-refractivity contribution is -0.191. The van der Waals surface area contributed by atoms with Gasteiger partial charge >= 0.3 is 5.97 Å². The van der Waals surface area contributed by atoms with E-state index in [9.17, 15) is 4.79 Å². The lowest BCUT2D eigenvalue weighted by Gasteiger charge is -2.28. The van der Waals surface area contributed by atoms with Gasteiger partial charge in [-0.25, -0.2) is 0 Å². The Labute approximate surface area is 120 Å². The third-order valence-corrected chi connectivity index (χ3v) is 3.58. The summed E-state index contributed by atoms with van der Waals surface area (Å²) in [6, 6.07) is 8.06. The van der Waals surface area contributed by atoms with E-state index in [1.165, 1.54) is 0 Å². The van der Waals surface area contributed by atoms with Gasteiger partial charge in [0.2, 0.25) is 0 Å². The van der Waals surface area contributed by atoms with Crippen molar-refractivity contribution in [1.82, 2.24) is 0 Å². The third-order valence-electron chi connectivity index (χ3n) is 3.58. The van der Waals surface area contributed by atoms with Crippen LogP contribution in [0, 0.1) is 6.92 Å². The fourth-order valence-electron chi connectivity index (χ4n) is 2.69. The Bertz CT molecular complexity index is 499. The van der Waals surface area contributed by atoms with Crippen LogP contribution in [0.5, 0.6) is 0 Å². The Balaban J connectivity index is 2.15. The highest BCUT2D eigenvalue weighted by atomic mass is 16.8. The van der Waals surface area contributed by atoms with Crippen LogP contribution in [0.15, 0.2) is 24.3 Å². The smallest absolute Gasteiger partial charge is 0.311 e. The molecule has 2 atom stereocenters. The molecule has 4 heteroatoms. The van der Waals surface area contributed by atoms with E-state index in [0.717, 1.165) is 11.1 Å². The van der Waals surface area contributed by atoms with E-state index >= 15 is 0 Å². The van der Waals surface area contributed by atoms with Crippen molar-refractivity contribution in [2.45, 2.75) is 45.5 Å². The summed E-state index contributed by atoms with van der Waals surface area (Å²) in [6.45, 7) is 8.40. The molecule has 0 aromatic heterocycles. The highest BCUT2D eigenvalue weighted by Gasteiger charge is 2.47. The lowest BCUT2D eigenvalue weighted by atomic mass is 9.93. The molecule has 1 aromatic rings. The molecule has 0 aliphatic carbocycles. The minimum atomic E-state index is -0.927. The van der Waals surface area contributed by atoms with Crippen molar-refractivity contribution in [2.24, 2.45) is 0 Å². The predicted octanol–water partition coefficient (Wildman–Crippen LogP) is 2.93. The Hall–Kier alpha value is -1.39. The summed E-state index contributed by atoms with van der Waals surface area (Å²) in [6.07, 6.45) is 0.0995. The van der Waals surface area contributed by atoms with Crippen molar-refractivity contribution in [3.8, 4) is 0 Å². The molecule has 1 aliphatic rings. The standard InChI is InChI=1S/C16H22O4/c1-5-18-14(17)10-16(4)19-11-15(3,20-16)13-9-7-6-8-12(13)2/h6-9H,5,10-11H2,1-4H3. The molecule has 1 fully saturated rings. The van der Waals surface area contributed by atoms with Crippen molar-refractivity contribution in [3.05, 3.63) is 35.4 Å². The van der Waals surface area contributed by atoms with Crippen molar-refractivity contribution in [2.75, 3.05) is 13.2 Å². The molecular formula is C16H22O4. The summed E-state index contributed by atoms with van der Waals surface area (Å²) < 4.78 is 16.8. The van der Waals surface area contributed by atoms with Gasteiger partial charge in [0.1, 0.15) is 5.60 Å². The van der Waals surface area contributed by atoms with Crippen LogP contribution in [0.3, 0.4) is 0 Å². The van der Waals surface area contributed by atoms with Gasteiger partial charge in [0.25, 0.3) is 0 Å². The highest BCUT2D eigenvalue weighted by Crippen LogP contribution is 2.41. The summed E-state index contributed by atoms with van der Waals surface area (Å²) in [7, 11) is 0. The summed E-state index contributed by atoms with van der Waals surface area (Å²) in [5.41, 5.74) is 1.71. The van der Waals surface area contributed by atoms with Crippen molar-refractivity contribution in [1.29, 1.82) is 0 Å². The fourth-order valence-corrected chi connectivity index (χ4v) is 2.69. The molecule has 0 radical (unpaired) electrons. The number of rotatable bonds is 4. The van der Waals surface area contributed by atoms with Gasteiger partial charge in [-0.1, -0.05) is 24.3 Å². The molecular weight excluding hydrogens is 256 g/mol. The second-order valence-corrected chi connectivity index (χ2v) is 5.55. The summed E-state index contributed by atoms with van der Waals surface area (Å²) in [5, 5.41) is 0. The second kappa shape index (κ2) is 5.54. The molecule has 0 N–H and O–H groups in total. The number of esters is 1. The van der Waals surface area contributed by atoms with E-state index in [1.807, 2.05) is 38.1 Å². The molecule has 1 saturated heterocycles. The zero-order valence-corrected chi connectivity index (χ0v) is 12.6. The first-order valence-corrected chi connectivity index (χ1v) is 6.94. The van der Waals surface area contributed by atoms with Crippen molar-refractivity contribution < 1.29 is 19.0 Å². The molecule has 0 amide bonds. The van der Waals surface area contributed by atoms with Gasteiger partial charge < -0.3 is 14.2 Å².